The van der Waals surface area contributed by atoms with Crippen LogP contribution in [0.4, 0.5) is 23.2 Å². The zero-order chi connectivity index (χ0) is 24.2. The smallest absolute Gasteiger partial charge is 0.261 e. The molecule has 3 rings (SSSR count). The van der Waals surface area contributed by atoms with Crippen LogP contribution in [-0.4, -0.2) is 38.7 Å². The van der Waals surface area contributed by atoms with E-state index in [0.717, 1.165) is 35.4 Å². The Morgan fingerprint density at radius 3 is 2.50 bits per heavy atom. The summed E-state index contributed by atoms with van der Waals surface area (Å²) in [6.45, 7) is 4.87. The van der Waals surface area contributed by atoms with Crippen LogP contribution < -0.4 is 15.4 Å². The lowest BCUT2D eigenvalue weighted by Crippen LogP contribution is -2.38. The van der Waals surface area contributed by atoms with Crippen molar-refractivity contribution in [3.05, 3.63) is 58.7 Å². The van der Waals surface area contributed by atoms with Gasteiger partial charge in [-0.15, -0.1) is 12.4 Å². The van der Waals surface area contributed by atoms with Gasteiger partial charge in [0.05, 0.1) is 13.2 Å². The highest BCUT2D eigenvalue weighted by Gasteiger charge is 2.31. The van der Waals surface area contributed by atoms with Gasteiger partial charge in [0.25, 0.3) is 6.43 Å². The average molecular weight is 505 g/mol. The van der Waals surface area contributed by atoms with Gasteiger partial charge < -0.3 is 20.1 Å². The fourth-order valence-corrected chi connectivity index (χ4v) is 4.01. The van der Waals surface area contributed by atoms with Gasteiger partial charge in [0.1, 0.15) is 30.0 Å². The van der Waals surface area contributed by atoms with Crippen molar-refractivity contribution in [2.75, 3.05) is 31.7 Å². The minimum atomic E-state index is -2.67. The van der Waals surface area contributed by atoms with Gasteiger partial charge in [0, 0.05) is 23.2 Å². The first-order valence-corrected chi connectivity index (χ1v) is 10.8. The molecular formula is C24H29ClF4N2O3. The predicted molar refractivity (Wildman–Crippen MR) is 124 cm³/mol. The lowest BCUT2D eigenvalue weighted by atomic mass is 9.84. The Hall–Kier alpha value is -2.36. The second-order valence-corrected chi connectivity index (χ2v) is 8.53. The van der Waals surface area contributed by atoms with Gasteiger partial charge in [-0.3, -0.25) is 4.79 Å². The van der Waals surface area contributed by atoms with Gasteiger partial charge in [0.15, 0.2) is 0 Å². The molecule has 0 unspecified atom stereocenters. The Morgan fingerprint density at radius 2 is 1.88 bits per heavy atom. The topological polar surface area (TPSA) is 59.6 Å². The zero-order valence-corrected chi connectivity index (χ0v) is 20.0. The van der Waals surface area contributed by atoms with Crippen LogP contribution >= 0.6 is 12.4 Å². The molecule has 0 fully saturated rings. The van der Waals surface area contributed by atoms with E-state index in [9.17, 15) is 22.4 Å². The molecule has 0 radical (unpaired) electrons. The molecule has 0 bridgehead atoms. The van der Waals surface area contributed by atoms with E-state index in [4.69, 9.17) is 9.47 Å². The van der Waals surface area contributed by atoms with Crippen LogP contribution in [0.2, 0.25) is 0 Å². The molecule has 34 heavy (non-hydrogen) atoms. The van der Waals surface area contributed by atoms with E-state index in [1.165, 1.54) is 13.8 Å². The maximum Gasteiger partial charge on any atom is 0.261 e. The SMILES string of the molecule is CCOc1ccc2c(c1)CCN[C@H]2C(=O)Nc1cc(F)c(C(C)(C)COCC(F)F)c(F)c1.Cl. The first-order valence-electron chi connectivity index (χ1n) is 10.8. The van der Waals surface area contributed by atoms with Crippen molar-refractivity contribution >= 4 is 24.0 Å². The lowest BCUT2D eigenvalue weighted by Gasteiger charge is -2.28. The number of anilines is 1. The van der Waals surface area contributed by atoms with E-state index in [1.54, 1.807) is 6.07 Å². The molecule has 0 aliphatic carbocycles. The maximum absolute atomic E-state index is 14.8. The van der Waals surface area contributed by atoms with E-state index in [1.807, 2.05) is 19.1 Å². The van der Waals surface area contributed by atoms with Gasteiger partial charge in [-0.1, -0.05) is 19.9 Å². The summed E-state index contributed by atoms with van der Waals surface area (Å²) in [4.78, 5) is 12.9. The van der Waals surface area contributed by atoms with E-state index in [2.05, 4.69) is 10.6 Å². The lowest BCUT2D eigenvalue weighted by molar-refractivity contribution is -0.118. The van der Waals surface area contributed by atoms with Gasteiger partial charge in [-0.25, -0.2) is 17.6 Å². The van der Waals surface area contributed by atoms with E-state index < -0.39 is 42.0 Å². The van der Waals surface area contributed by atoms with Gasteiger partial charge in [-0.05, 0) is 48.7 Å². The van der Waals surface area contributed by atoms with Crippen LogP contribution in [0.3, 0.4) is 0 Å². The average Bonchev–Trinajstić information content (AvgIpc) is 2.72. The molecule has 0 saturated heterocycles. The second-order valence-electron chi connectivity index (χ2n) is 8.53. The van der Waals surface area contributed by atoms with E-state index in [0.29, 0.717) is 13.2 Å². The number of ether oxygens (including phenoxy) is 2. The van der Waals surface area contributed by atoms with Crippen LogP contribution in [0.1, 0.15) is 43.5 Å². The van der Waals surface area contributed by atoms with Crippen LogP contribution in [0.25, 0.3) is 0 Å². The Morgan fingerprint density at radius 1 is 1.21 bits per heavy atom. The summed E-state index contributed by atoms with van der Waals surface area (Å²) >= 11 is 0. The molecule has 188 valence electrons. The quantitative estimate of drug-likeness (QED) is 0.463. The minimum absolute atomic E-state index is 0. The summed E-state index contributed by atoms with van der Waals surface area (Å²) < 4.78 is 64.7. The first-order chi connectivity index (χ1) is 15.6. The highest BCUT2D eigenvalue weighted by molar-refractivity contribution is 5.96. The van der Waals surface area contributed by atoms with Crippen molar-refractivity contribution in [2.45, 2.75) is 45.1 Å². The number of rotatable bonds is 9. The molecule has 0 aromatic heterocycles. The summed E-state index contributed by atoms with van der Waals surface area (Å²) in [6, 6.07) is 6.84. The number of benzene rings is 2. The highest BCUT2D eigenvalue weighted by atomic mass is 35.5. The van der Waals surface area contributed by atoms with Crippen molar-refractivity contribution in [3.8, 4) is 5.75 Å². The third kappa shape index (κ3) is 6.61. The first kappa shape index (κ1) is 27.9. The molecule has 1 atom stereocenters. The number of halogens is 5. The second kappa shape index (κ2) is 11.9. The van der Waals surface area contributed by atoms with Crippen LogP contribution in [0.5, 0.6) is 5.75 Å². The zero-order valence-electron chi connectivity index (χ0n) is 19.2. The highest BCUT2D eigenvalue weighted by Crippen LogP contribution is 2.32. The molecule has 2 aromatic carbocycles. The van der Waals surface area contributed by atoms with Gasteiger partial charge in [0.2, 0.25) is 5.91 Å². The van der Waals surface area contributed by atoms with E-state index in [-0.39, 0.29) is 30.3 Å². The number of fused-ring (bicyclic) bond motifs is 1. The number of amides is 1. The summed E-state index contributed by atoms with van der Waals surface area (Å²) in [5, 5.41) is 5.69. The molecule has 0 spiro atoms. The van der Waals surface area contributed by atoms with E-state index >= 15 is 0 Å². The van der Waals surface area contributed by atoms with Crippen LogP contribution in [0, 0.1) is 11.6 Å². The number of alkyl halides is 2. The number of hydrogen-bond acceptors (Lipinski definition) is 4. The minimum Gasteiger partial charge on any atom is -0.494 e. The van der Waals surface area contributed by atoms with Crippen molar-refractivity contribution in [2.24, 2.45) is 0 Å². The largest absolute Gasteiger partial charge is 0.494 e. The number of carbonyl (C=O) groups is 1. The summed E-state index contributed by atoms with van der Waals surface area (Å²) in [6.07, 6.45) is -1.95. The summed E-state index contributed by atoms with van der Waals surface area (Å²) in [5.74, 6) is -1.52. The fourth-order valence-electron chi connectivity index (χ4n) is 4.01. The molecule has 1 aliphatic heterocycles. The van der Waals surface area contributed by atoms with Crippen LogP contribution in [0.15, 0.2) is 30.3 Å². The summed E-state index contributed by atoms with van der Waals surface area (Å²) in [7, 11) is 0. The molecule has 1 aliphatic rings. The number of hydrogen-bond donors (Lipinski definition) is 2. The monoisotopic (exact) mass is 504 g/mol. The Balaban J connectivity index is 0.00000408. The molecule has 10 heteroatoms. The number of nitrogens with one attached hydrogen (secondary N) is 2. The predicted octanol–water partition coefficient (Wildman–Crippen LogP) is 5.17. The molecule has 1 amide bonds. The molecule has 1 heterocycles. The van der Waals surface area contributed by atoms with Crippen molar-refractivity contribution in [1.82, 2.24) is 5.32 Å². The van der Waals surface area contributed by atoms with Gasteiger partial charge in [-0.2, -0.15) is 0 Å². The number of carbonyl (C=O) groups excluding carboxylic acids is 1. The van der Waals surface area contributed by atoms with Gasteiger partial charge >= 0.3 is 0 Å². The van der Waals surface area contributed by atoms with Crippen molar-refractivity contribution in [3.63, 3.8) is 0 Å². The standard InChI is InChI=1S/C24H28F4N2O3.ClH/c1-4-33-16-5-6-17-14(9-16)7-8-29-22(17)23(31)30-15-10-18(25)21(19(26)11-15)24(2,3)13-32-12-20(27)28;/h5-6,9-11,20,22,29H,4,7-8,12-13H2,1-3H3,(H,30,31);1H/t22-;/m1./s1. The Bertz CT molecular complexity index is 981. The molecule has 2 N–H and O–H groups in total. The third-order valence-electron chi connectivity index (χ3n) is 5.43. The normalized spacial score (nSPS) is 15.5. The van der Waals surface area contributed by atoms with Crippen molar-refractivity contribution in [1.29, 1.82) is 0 Å². The van der Waals surface area contributed by atoms with Crippen LogP contribution in [-0.2, 0) is 21.4 Å². The Labute approximate surface area is 202 Å². The Kier molecular flexibility index (Phi) is 9.73. The maximum atomic E-state index is 14.8. The summed E-state index contributed by atoms with van der Waals surface area (Å²) in [5.41, 5.74) is 0.228. The molecule has 5 nitrogen and oxygen atoms in total. The van der Waals surface area contributed by atoms with Crippen molar-refractivity contribution < 1.29 is 31.8 Å². The molecular weight excluding hydrogens is 476 g/mol. The molecule has 0 saturated carbocycles. The third-order valence-corrected chi connectivity index (χ3v) is 5.43. The fraction of sp³-hybridized carbons (Fsp3) is 0.458. The molecule has 2 aromatic rings.